The van der Waals surface area contributed by atoms with Gasteiger partial charge >= 0.3 is 6.18 Å². The molecule has 2 nitrogen and oxygen atoms in total. The van der Waals surface area contributed by atoms with Crippen LogP contribution in [-0.2, 0) is 10.9 Å². The fourth-order valence-electron chi connectivity index (χ4n) is 2.15. The Balaban J connectivity index is 2.64. The van der Waals surface area contributed by atoms with Gasteiger partial charge in [0.1, 0.15) is 0 Å². The Kier molecular flexibility index (Phi) is 6.97. The highest BCUT2D eigenvalue weighted by atomic mass is 19.4. The van der Waals surface area contributed by atoms with Gasteiger partial charge in [0.15, 0.2) is 0 Å². The van der Waals surface area contributed by atoms with Crippen LogP contribution in [0.4, 0.5) is 13.2 Å². The maximum Gasteiger partial charge on any atom is 0.416 e. The lowest BCUT2D eigenvalue weighted by Gasteiger charge is -2.14. The summed E-state index contributed by atoms with van der Waals surface area (Å²) in [6.45, 7) is 1.91. The average molecular weight is 311 g/mol. The molecule has 0 aliphatic heterocycles. The Morgan fingerprint density at radius 1 is 1.41 bits per heavy atom. The van der Waals surface area contributed by atoms with Crippen LogP contribution >= 0.6 is 0 Å². The van der Waals surface area contributed by atoms with Gasteiger partial charge in [-0.3, -0.25) is 0 Å². The van der Waals surface area contributed by atoms with Crippen molar-refractivity contribution in [3.63, 3.8) is 0 Å². The number of nitrogens with zero attached hydrogens (tertiary/aromatic N) is 1. The Labute approximate surface area is 129 Å². The first-order valence-corrected chi connectivity index (χ1v) is 7.15. The molecule has 0 bridgehead atoms. The number of benzene rings is 1. The van der Waals surface area contributed by atoms with E-state index in [1.54, 1.807) is 13.2 Å². The first-order chi connectivity index (χ1) is 10.4. The monoisotopic (exact) mass is 311 g/mol. The Hall–Kier alpha value is -1.96. The fourth-order valence-corrected chi connectivity index (χ4v) is 2.15. The van der Waals surface area contributed by atoms with Gasteiger partial charge in [-0.25, -0.2) is 0 Å². The summed E-state index contributed by atoms with van der Waals surface area (Å²) in [7, 11) is 1.55. The first-order valence-electron chi connectivity index (χ1n) is 7.15. The maximum absolute atomic E-state index is 12.7. The van der Waals surface area contributed by atoms with Gasteiger partial charge in [0.2, 0.25) is 0 Å². The molecule has 0 amide bonds. The van der Waals surface area contributed by atoms with Gasteiger partial charge in [0, 0.05) is 12.8 Å². The molecule has 0 heterocycles. The number of alkyl halides is 3. The fraction of sp³-hybridized carbons (Fsp3) is 0.471. The molecule has 120 valence electrons. The van der Waals surface area contributed by atoms with Crippen molar-refractivity contribution < 1.29 is 17.9 Å². The van der Waals surface area contributed by atoms with Crippen LogP contribution in [0.25, 0.3) is 0 Å². The highest BCUT2D eigenvalue weighted by Gasteiger charge is 2.30. The molecule has 0 saturated heterocycles. The van der Waals surface area contributed by atoms with Gasteiger partial charge in [-0.2, -0.15) is 18.4 Å². The largest absolute Gasteiger partial charge is 0.501 e. The molecule has 5 heteroatoms. The van der Waals surface area contributed by atoms with Crippen molar-refractivity contribution in [2.45, 2.75) is 44.7 Å². The summed E-state index contributed by atoms with van der Waals surface area (Å²) in [4.78, 5) is 0. The van der Waals surface area contributed by atoms with Crippen LogP contribution in [0.1, 0.15) is 49.7 Å². The molecule has 0 aromatic heterocycles. The van der Waals surface area contributed by atoms with E-state index in [1.165, 1.54) is 12.1 Å². The minimum absolute atomic E-state index is 0.0209. The van der Waals surface area contributed by atoms with Gasteiger partial charge in [-0.05, 0) is 36.5 Å². The van der Waals surface area contributed by atoms with Crippen molar-refractivity contribution in [1.82, 2.24) is 0 Å². The molecule has 0 saturated carbocycles. The molecule has 1 aromatic carbocycles. The first kappa shape index (κ1) is 18.1. The van der Waals surface area contributed by atoms with E-state index in [0.29, 0.717) is 24.8 Å². The maximum atomic E-state index is 12.7. The molecule has 0 aliphatic carbocycles. The summed E-state index contributed by atoms with van der Waals surface area (Å²) in [5, 5.41) is 8.54. The van der Waals surface area contributed by atoms with Crippen molar-refractivity contribution in [3.8, 4) is 6.07 Å². The van der Waals surface area contributed by atoms with E-state index in [-0.39, 0.29) is 5.92 Å². The van der Waals surface area contributed by atoms with Crippen molar-refractivity contribution in [2.24, 2.45) is 0 Å². The van der Waals surface area contributed by atoms with Gasteiger partial charge in [-0.1, -0.05) is 25.1 Å². The van der Waals surface area contributed by atoms with Crippen molar-refractivity contribution >= 4 is 0 Å². The van der Waals surface area contributed by atoms with E-state index in [0.717, 1.165) is 18.2 Å². The van der Waals surface area contributed by atoms with Gasteiger partial charge in [-0.15, -0.1) is 0 Å². The van der Waals surface area contributed by atoms with Crippen LogP contribution in [0, 0.1) is 11.3 Å². The molecule has 0 N–H and O–H groups in total. The summed E-state index contributed by atoms with van der Waals surface area (Å²) in [5.74, 6) is 0.769. The number of halogens is 3. The van der Waals surface area contributed by atoms with Gasteiger partial charge in [0.05, 0.1) is 24.5 Å². The van der Waals surface area contributed by atoms with Gasteiger partial charge < -0.3 is 4.74 Å². The predicted octanol–water partition coefficient (Wildman–Crippen LogP) is 5.42. The highest BCUT2D eigenvalue weighted by Crippen LogP contribution is 2.32. The van der Waals surface area contributed by atoms with E-state index in [4.69, 9.17) is 10.00 Å². The zero-order chi connectivity index (χ0) is 16.6. The number of allylic oxidation sites excluding steroid dienone is 2. The summed E-state index contributed by atoms with van der Waals surface area (Å²) in [5.41, 5.74) is 0.0678. The number of rotatable bonds is 7. The second kappa shape index (κ2) is 8.47. The molecule has 0 aliphatic rings. The van der Waals surface area contributed by atoms with Crippen LogP contribution in [0.5, 0.6) is 0 Å². The van der Waals surface area contributed by atoms with Crippen LogP contribution in [0.15, 0.2) is 36.1 Å². The summed E-state index contributed by atoms with van der Waals surface area (Å²) >= 11 is 0. The van der Waals surface area contributed by atoms with Crippen LogP contribution < -0.4 is 0 Å². The van der Waals surface area contributed by atoms with Crippen molar-refractivity contribution in [1.29, 1.82) is 5.26 Å². The normalized spacial score (nSPS) is 13.5. The van der Waals surface area contributed by atoms with Crippen molar-refractivity contribution in [2.75, 3.05) is 7.11 Å². The van der Waals surface area contributed by atoms with Crippen molar-refractivity contribution in [3.05, 3.63) is 47.2 Å². The molecule has 22 heavy (non-hydrogen) atoms. The molecule has 0 spiro atoms. The number of hydrogen-bond acceptors (Lipinski definition) is 2. The average Bonchev–Trinajstić information content (AvgIpc) is 2.49. The third-order valence-corrected chi connectivity index (χ3v) is 3.50. The lowest BCUT2D eigenvalue weighted by molar-refractivity contribution is -0.137. The molecule has 1 unspecified atom stereocenters. The minimum atomic E-state index is -4.31. The molecule has 1 atom stereocenters. The van der Waals surface area contributed by atoms with Crippen LogP contribution in [0.2, 0.25) is 0 Å². The third-order valence-electron chi connectivity index (χ3n) is 3.50. The Morgan fingerprint density at radius 2 is 2.14 bits per heavy atom. The molecule has 1 aromatic rings. The zero-order valence-corrected chi connectivity index (χ0v) is 12.8. The quantitative estimate of drug-likeness (QED) is 0.630. The second-order valence-electron chi connectivity index (χ2n) is 5.13. The number of nitriles is 1. The van der Waals surface area contributed by atoms with E-state index < -0.39 is 11.7 Å². The second-order valence-corrected chi connectivity index (χ2v) is 5.13. The van der Waals surface area contributed by atoms with E-state index in [1.807, 2.05) is 13.0 Å². The molecular formula is C17H20F3NO. The SMILES string of the molecule is COC(=CCCC(C)c1cccc(C(F)(F)F)c1)CCC#N. The summed E-state index contributed by atoms with van der Waals surface area (Å²) in [6.07, 6.45) is -0.0296. The summed E-state index contributed by atoms with van der Waals surface area (Å²) in [6, 6.07) is 7.51. The molecule has 0 fully saturated rings. The lowest BCUT2D eigenvalue weighted by atomic mass is 9.94. The standard InChI is InChI=1S/C17H20F3NO/c1-13(6-3-9-16(22-2)10-5-11-21)14-7-4-8-15(12-14)17(18,19)20/h4,7-9,12-13H,3,5-6,10H2,1-2H3. The van der Waals surface area contributed by atoms with Crippen LogP contribution in [-0.4, -0.2) is 7.11 Å². The predicted molar refractivity (Wildman–Crippen MR) is 79.0 cm³/mol. The van der Waals surface area contributed by atoms with Gasteiger partial charge in [0.25, 0.3) is 0 Å². The van der Waals surface area contributed by atoms with Crippen LogP contribution in [0.3, 0.4) is 0 Å². The zero-order valence-electron chi connectivity index (χ0n) is 12.8. The number of ether oxygens (including phenoxy) is 1. The van der Waals surface area contributed by atoms with E-state index in [2.05, 4.69) is 6.07 Å². The molecule has 1 rings (SSSR count). The minimum Gasteiger partial charge on any atom is -0.501 e. The lowest BCUT2D eigenvalue weighted by Crippen LogP contribution is -2.06. The number of hydrogen-bond donors (Lipinski definition) is 0. The topological polar surface area (TPSA) is 33.0 Å². The Morgan fingerprint density at radius 3 is 2.73 bits per heavy atom. The third kappa shape index (κ3) is 5.80. The smallest absolute Gasteiger partial charge is 0.416 e. The Bertz CT molecular complexity index is 544. The van der Waals surface area contributed by atoms with E-state index in [9.17, 15) is 13.2 Å². The number of methoxy groups -OCH3 is 1. The highest BCUT2D eigenvalue weighted by molar-refractivity contribution is 5.28. The molecular weight excluding hydrogens is 291 g/mol. The summed E-state index contributed by atoms with van der Waals surface area (Å²) < 4.78 is 43.3. The molecule has 0 radical (unpaired) electrons. The van der Waals surface area contributed by atoms with E-state index >= 15 is 0 Å².